The number of rotatable bonds is 2. The van der Waals surface area contributed by atoms with Crippen molar-refractivity contribution in [2.24, 2.45) is 0 Å². The smallest absolute Gasteiger partial charge is 0.296 e. The van der Waals surface area contributed by atoms with Crippen LogP contribution in [-0.4, -0.2) is 18.9 Å². The molecule has 0 radical (unpaired) electrons. The van der Waals surface area contributed by atoms with Crippen LogP contribution in [0.3, 0.4) is 0 Å². The third-order valence-electron chi connectivity index (χ3n) is 1.53. The lowest BCUT2D eigenvalue weighted by Crippen LogP contribution is -2.10. The van der Waals surface area contributed by atoms with Gasteiger partial charge in [-0.2, -0.15) is 8.42 Å². The number of nitrogens with one attached hydrogen (secondary N) is 1. The Kier molecular flexibility index (Phi) is 3.33. The molecule has 0 spiro atoms. The molecule has 1 aromatic carbocycles. The van der Waals surface area contributed by atoms with Gasteiger partial charge in [-0.3, -0.25) is 9.35 Å². The molecule has 82 valence electrons. The monoisotopic (exact) mass is 249 g/mol. The second-order valence-electron chi connectivity index (χ2n) is 2.80. The van der Waals surface area contributed by atoms with Crippen LogP contribution in [0, 0.1) is 0 Å². The highest BCUT2D eigenvalue weighted by Crippen LogP contribution is 2.24. The molecule has 0 aromatic heterocycles. The lowest BCUT2D eigenvalue weighted by molar-refractivity contribution is -0.114. The molecule has 0 atom stereocenters. The van der Waals surface area contributed by atoms with Gasteiger partial charge in [0.15, 0.2) is 0 Å². The Labute approximate surface area is 91.8 Å². The molecule has 7 heteroatoms. The van der Waals surface area contributed by atoms with Crippen LogP contribution in [0.1, 0.15) is 6.92 Å². The van der Waals surface area contributed by atoms with Crippen LogP contribution in [0.5, 0.6) is 0 Å². The SMILES string of the molecule is CC(=O)Nc1ccc(Cl)cc1S(=O)(=O)O. The van der Waals surface area contributed by atoms with Gasteiger partial charge in [0.25, 0.3) is 10.1 Å². The second-order valence-corrected chi connectivity index (χ2v) is 4.62. The molecule has 0 unspecified atom stereocenters. The van der Waals surface area contributed by atoms with Gasteiger partial charge in [0.2, 0.25) is 5.91 Å². The molecular formula is C8H8ClNO4S. The third kappa shape index (κ3) is 3.19. The summed E-state index contributed by atoms with van der Waals surface area (Å²) in [7, 11) is -4.40. The van der Waals surface area contributed by atoms with E-state index in [9.17, 15) is 13.2 Å². The van der Waals surface area contributed by atoms with Gasteiger partial charge in [-0.25, -0.2) is 0 Å². The zero-order valence-corrected chi connectivity index (χ0v) is 9.26. The van der Waals surface area contributed by atoms with E-state index in [0.717, 1.165) is 6.07 Å². The average molecular weight is 250 g/mol. The quantitative estimate of drug-likeness (QED) is 0.779. The first-order valence-electron chi connectivity index (χ1n) is 3.85. The van der Waals surface area contributed by atoms with E-state index in [1.165, 1.54) is 19.1 Å². The van der Waals surface area contributed by atoms with Crippen molar-refractivity contribution in [2.75, 3.05) is 5.32 Å². The maximum atomic E-state index is 10.9. The minimum atomic E-state index is -4.40. The second kappa shape index (κ2) is 4.18. The van der Waals surface area contributed by atoms with Crippen molar-refractivity contribution in [3.05, 3.63) is 23.2 Å². The highest BCUT2D eigenvalue weighted by molar-refractivity contribution is 7.86. The molecule has 1 aromatic rings. The molecule has 0 aliphatic rings. The van der Waals surface area contributed by atoms with Gasteiger partial charge < -0.3 is 5.32 Å². The average Bonchev–Trinajstić information content (AvgIpc) is 2.05. The lowest BCUT2D eigenvalue weighted by Gasteiger charge is -2.07. The first-order valence-corrected chi connectivity index (χ1v) is 5.67. The molecule has 0 saturated heterocycles. The summed E-state index contributed by atoms with van der Waals surface area (Å²) in [6.07, 6.45) is 0. The summed E-state index contributed by atoms with van der Waals surface area (Å²) < 4.78 is 30.7. The number of halogens is 1. The largest absolute Gasteiger partial charge is 0.325 e. The van der Waals surface area contributed by atoms with Crippen molar-refractivity contribution in [3.8, 4) is 0 Å². The van der Waals surface area contributed by atoms with E-state index in [2.05, 4.69) is 5.32 Å². The topological polar surface area (TPSA) is 83.5 Å². The van der Waals surface area contributed by atoms with Crippen molar-refractivity contribution in [3.63, 3.8) is 0 Å². The van der Waals surface area contributed by atoms with Gasteiger partial charge in [-0.05, 0) is 18.2 Å². The highest BCUT2D eigenvalue weighted by Gasteiger charge is 2.16. The summed E-state index contributed by atoms with van der Waals surface area (Å²) in [5, 5.41) is 2.42. The first kappa shape index (κ1) is 12.0. The Balaban J connectivity index is 3.33. The molecule has 1 amide bonds. The molecule has 1 rings (SSSR count). The summed E-state index contributed by atoms with van der Waals surface area (Å²) in [5.41, 5.74) is -0.00519. The van der Waals surface area contributed by atoms with Crippen molar-refractivity contribution in [1.82, 2.24) is 0 Å². The predicted octanol–water partition coefficient (Wildman–Crippen LogP) is 1.55. The standard InChI is InChI=1S/C8H8ClNO4S/c1-5(11)10-7-3-2-6(9)4-8(7)15(12,13)14/h2-4H,1H3,(H,10,11)(H,12,13,14). The van der Waals surface area contributed by atoms with Crippen LogP contribution < -0.4 is 5.32 Å². The van der Waals surface area contributed by atoms with Crippen molar-refractivity contribution in [2.45, 2.75) is 11.8 Å². The zero-order valence-electron chi connectivity index (χ0n) is 7.69. The third-order valence-corrected chi connectivity index (χ3v) is 2.66. The van der Waals surface area contributed by atoms with Gasteiger partial charge in [0, 0.05) is 11.9 Å². The van der Waals surface area contributed by atoms with Crippen molar-refractivity contribution < 1.29 is 17.8 Å². The van der Waals surface area contributed by atoms with Gasteiger partial charge >= 0.3 is 0 Å². The zero-order chi connectivity index (χ0) is 11.6. The maximum Gasteiger partial charge on any atom is 0.296 e. The normalized spacial score (nSPS) is 11.1. The van der Waals surface area contributed by atoms with Crippen LogP contribution >= 0.6 is 11.6 Å². The van der Waals surface area contributed by atoms with E-state index < -0.39 is 20.9 Å². The predicted molar refractivity (Wildman–Crippen MR) is 55.6 cm³/mol. The maximum absolute atomic E-state index is 10.9. The Morgan fingerprint density at radius 2 is 2.07 bits per heavy atom. The van der Waals surface area contributed by atoms with E-state index in [4.69, 9.17) is 16.2 Å². The Hall–Kier alpha value is -1.11. The fourth-order valence-electron chi connectivity index (χ4n) is 1.00. The van der Waals surface area contributed by atoms with Gasteiger partial charge in [0.1, 0.15) is 4.90 Å². The van der Waals surface area contributed by atoms with Gasteiger partial charge in [-0.15, -0.1) is 0 Å². The van der Waals surface area contributed by atoms with Crippen molar-refractivity contribution >= 4 is 33.3 Å². The Morgan fingerprint density at radius 3 is 2.53 bits per heavy atom. The fourth-order valence-corrected chi connectivity index (χ4v) is 1.91. The van der Waals surface area contributed by atoms with Crippen LogP contribution in [0.2, 0.25) is 5.02 Å². The number of anilines is 1. The van der Waals surface area contributed by atoms with E-state index in [-0.39, 0.29) is 10.7 Å². The van der Waals surface area contributed by atoms with E-state index in [1.54, 1.807) is 0 Å². The van der Waals surface area contributed by atoms with Crippen LogP contribution in [0.25, 0.3) is 0 Å². The molecule has 0 bridgehead atoms. The van der Waals surface area contributed by atoms with Crippen molar-refractivity contribution in [1.29, 1.82) is 0 Å². The summed E-state index contributed by atoms with van der Waals surface area (Å²) in [6, 6.07) is 3.76. The first-order chi connectivity index (χ1) is 6.80. The minimum absolute atomic E-state index is 0.00519. The van der Waals surface area contributed by atoms with E-state index in [1.807, 2.05) is 0 Å². The van der Waals surface area contributed by atoms with E-state index in [0.29, 0.717) is 0 Å². The highest BCUT2D eigenvalue weighted by atomic mass is 35.5. The Morgan fingerprint density at radius 1 is 1.47 bits per heavy atom. The lowest BCUT2D eigenvalue weighted by atomic mass is 10.3. The molecule has 5 nitrogen and oxygen atoms in total. The molecule has 2 N–H and O–H groups in total. The van der Waals surface area contributed by atoms with Crippen LogP contribution in [0.4, 0.5) is 5.69 Å². The molecule has 0 heterocycles. The van der Waals surface area contributed by atoms with Gasteiger partial charge in [-0.1, -0.05) is 11.6 Å². The molecule has 0 aliphatic heterocycles. The number of carbonyl (C=O) groups excluding carboxylic acids is 1. The summed E-state index contributed by atoms with van der Waals surface area (Å²) >= 11 is 5.57. The van der Waals surface area contributed by atoms with Gasteiger partial charge in [0.05, 0.1) is 5.69 Å². The summed E-state index contributed by atoms with van der Waals surface area (Å²) in [5.74, 6) is -0.442. The molecule has 0 saturated carbocycles. The molecular weight excluding hydrogens is 242 g/mol. The van der Waals surface area contributed by atoms with E-state index >= 15 is 0 Å². The van der Waals surface area contributed by atoms with Crippen LogP contribution in [-0.2, 0) is 14.9 Å². The number of amides is 1. The number of benzene rings is 1. The molecule has 15 heavy (non-hydrogen) atoms. The number of hydrogen-bond donors (Lipinski definition) is 2. The molecule has 0 aliphatic carbocycles. The van der Waals surface area contributed by atoms with Crippen LogP contribution in [0.15, 0.2) is 23.1 Å². The Bertz CT molecular complexity index is 497. The summed E-state index contributed by atoms with van der Waals surface area (Å²) in [4.78, 5) is 10.3. The molecule has 0 fully saturated rings. The summed E-state index contributed by atoms with van der Waals surface area (Å²) in [6.45, 7) is 1.22. The number of carbonyl (C=O) groups is 1. The number of hydrogen-bond acceptors (Lipinski definition) is 3. The fraction of sp³-hybridized carbons (Fsp3) is 0.125. The minimum Gasteiger partial charge on any atom is -0.325 e.